The molecule has 1 amide bonds. The minimum atomic E-state index is -0.343. The number of nitrogens with zero attached hydrogens (tertiary/aromatic N) is 2. The fraction of sp³-hybridized carbons (Fsp3) is 0.600. The number of carbonyl (C=O) groups is 2. The standard InChI is InChI=1S/C20H27N3O4S2/c1-4-23(10-12(2)20(26)27-3)16(24)8-9-28-11-15-21-18(25)17-13-6-5-7-14(13)29-19(17)22-15/h12H,4-11H2,1-3H3,(H,21,22,25). The highest BCUT2D eigenvalue weighted by Gasteiger charge is 2.22. The number of carbonyl (C=O) groups excluding carboxylic acids is 2. The van der Waals surface area contributed by atoms with Crippen LogP contribution in [0, 0.1) is 5.92 Å². The first kappa shape index (κ1) is 21.8. The van der Waals surface area contributed by atoms with E-state index in [1.54, 1.807) is 34.9 Å². The highest BCUT2D eigenvalue weighted by atomic mass is 32.2. The third-order valence-corrected chi connectivity index (χ3v) is 7.31. The number of fused-ring (bicyclic) bond motifs is 3. The molecular formula is C20H27N3O4S2. The van der Waals surface area contributed by atoms with E-state index in [9.17, 15) is 14.4 Å². The number of methoxy groups -OCH3 is 1. The number of aryl methyl sites for hydroxylation is 2. The maximum atomic E-state index is 12.5. The van der Waals surface area contributed by atoms with Crippen LogP contribution >= 0.6 is 23.1 Å². The molecule has 158 valence electrons. The lowest BCUT2D eigenvalue weighted by atomic mass is 10.1. The molecule has 2 aromatic rings. The topological polar surface area (TPSA) is 92.4 Å². The van der Waals surface area contributed by atoms with Gasteiger partial charge in [0, 0.05) is 30.1 Å². The molecule has 0 aromatic carbocycles. The molecule has 0 saturated heterocycles. The SMILES string of the molecule is CCN(CC(C)C(=O)OC)C(=O)CCSCc1nc2sc3c(c2c(=O)[nH]1)CCC3. The first-order valence-corrected chi connectivity index (χ1v) is 11.9. The van der Waals surface area contributed by atoms with Crippen LogP contribution in [-0.4, -0.2) is 52.7 Å². The number of esters is 1. The lowest BCUT2D eigenvalue weighted by molar-refractivity contribution is -0.146. The first-order valence-electron chi connectivity index (χ1n) is 9.91. The summed E-state index contributed by atoms with van der Waals surface area (Å²) < 4.78 is 4.73. The molecule has 0 radical (unpaired) electrons. The molecule has 1 N–H and O–H groups in total. The summed E-state index contributed by atoms with van der Waals surface area (Å²) in [6.07, 6.45) is 3.52. The summed E-state index contributed by atoms with van der Waals surface area (Å²) in [5.41, 5.74) is 1.14. The van der Waals surface area contributed by atoms with Crippen LogP contribution in [-0.2, 0) is 32.9 Å². The predicted molar refractivity (Wildman–Crippen MR) is 116 cm³/mol. The molecule has 9 heteroatoms. The van der Waals surface area contributed by atoms with Gasteiger partial charge in [-0.3, -0.25) is 14.4 Å². The number of aromatic nitrogens is 2. The zero-order valence-corrected chi connectivity index (χ0v) is 18.7. The second-order valence-electron chi connectivity index (χ2n) is 7.21. The Morgan fingerprint density at radius 1 is 1.38 bits per heavy atom. The normalized spacial score (nSPS) is 14.0. The Balaban J connectivity index is 1.51. The summed E-state index contributed by atoms with van der Waals surface area (Å²) >= 11 is 3.21. The summed E-state index contributed by atoms with van der Waals surface area (Å²) in [7, 11) is 1.35. The smallest absolute Gasteiger partial charge is 0.310 e. The van der Waals surface area contributed by atoms with Crippen LogP contribution in [0.15, 0.2) is 4.79 Å². The van der Waals surface area contributed by atoms with Gasteiger partial charge in [0.1, 0.15) is 10.7 Å². The molecule has 0 saturated carbocycles. The number of ether oxygens (including phenoxy) is 1. The molecule has 1 aliphatic carbocycles. The molecule has 7 nitrogen and oxygen atoms in total. The molecule has 29 heavy (non-hydrogen) atoms. The van der Waals surface area contributed by atoms with Gasteiger partial charge in [-0.25, -0.2) is 4.98 Å². The Labute approximate surface area is 178 Å². The van der Waals surface area contributed by atoms with Crippen molar-refractivity contribution >= 4 is 45.2 Å². The Morgan fingerprint density at radius 3 is 2.90 bits per heavy atom. The lowest BCUT2D eigenvalue weighted by Crippen LogP contribution is -2.37. The van der Waals surface area contributed by atoms with Crippen LogP contribution in [0.1, 0.15) is 43.0 Å². The minimum absolute atomic E-state index is 0.0161. The van der Waals surface area contributed by atoms with Crippen molar-refractivity contribution in [3.8, 4) is 0 Å². The lowest BCUT2D eigenvalue weighted by Gasteiger charge is -2.23. The second-order valence-corrected chi connectivity index (χ2v) is 9.40. The maximum absolute atomic E-state index is 12.5. The van der Waals surface area contributed by atoms with Gasteiger partial charge < -0.3 is 14.6 Å². The largest absolute Gasteiger partial charge is 0.469 e. The Kier molecular flexibility index (Phi) is 7.34. The number of hydrogen-bond acceptors (Lipinski definition) is 7. The van der Waals surface area contributed by atoms with Crippen LogP contribution in [0.5, 0.6) is 0 Å². The third-order valence-electron chi connectivity index (χ3n) is 5.16. The number of thioether (sulfide) groups is 1. The van der Waals surface area contributed by atoms with Crippen molar-refractivity contribution in [2.24, 2.45) is 5.92 Å². The van der Waals surface area contributed by atoms with Gasteiger partial charge in [-0.15, -0.1) is 11.3 Å². The van der Waals surface area contributed by atoms with Gasteiger partial charge in [0.25, 0.3) is 5.56 Å². The minimum Gasteiger partial charge on any atom is -0.469 e. The number of rotatable bonds is 9. The van der Waals surface area contributed by atoms with Gasteiger partial charge in [-0.05, 0) is 31.7 Å². The number of H-pyrrole nitrogens is 1. The van der Waals surface area contributed by atoms with Gasteiger partial charge in [-0.2, -0.15) is 11.8 Å². The van der Waals surface area contributed by atoms with Crippen molar-refractivity contribution in [1.29, 1.82) is 0 Å². The second kappa shape index (κ2) is 9.75. The van der Waals surface area contributed by atoms with Gasteiger partial charge in [0.05, 0.1) is 24.2 Å². The Hall–Kier alpha value is -1.87. The molecule has 2 aromatic heterocycles. The molecule has 3 rings (SSSR count). The van der Waals surface area contributed by atoms with E-state index in [0.29, 0.717) is 36.8 Å². The van der Waals surface area contributed by atoms with Gasteiger partial charge in [0.2, 0.25) is 5.91 Å². The zero-order chi connectivity index (χ0) is 21.0. The van der Waals surface area contributed by atoms with Crippen LogP contribution in [0.2, 0.25) is 0 Å². The van der Waals surface area contributed by atoms with Gasteiger partial charge in [-0.1, -0.05) is 6.92 Å². The number of aromatic amines is 1. The van der Waals surface area contributed by atoms with Crippen molar-refractivity contribution in [2.75, 3.05) is 26.0 Å². The zero-order valence-electron chi connectivity index (χ0n) is 17.1. The highest BCUT2D eigenvalue weighted by molar-refractivity contribution is 7.98. The average molecular weight is 438 g/mol. The summed E-state index contributed by atoms with van der Waals surface area (Å²) in [6.45, 7) is 4.58. The maximum Gasteiger partial charge on any atom is 0.310 e. The molecule has 2 heterocycles. The van der Waals surface area contributed by atoms with Crippen LogP contribution in [0.4, 0.5) is 0 Å². The van der Waals surface area contributed by atoms with Crippen molar-refractivity contribution < 1.29 is 14.3 Å². The van der Waals surface area contributed by atoms with E-state index >= 15 is 0 Å². The summed E-state index contributed by atoms with van der Waals surface area (Å²) in [5.74, 6) is 1.21. The van der Waals surface area contributed by atoms with Crippen molar-refractivity contribution in [1.82, 2.24) is 14.9 Å². The number of hydrogen-bond donors (Lipinski definition) is 1. The summed E-state index contributed by atoms with van der Waals surface area (Å²) in [5, 5.41) is 0.768. The Bertz CT molecular complexity index is 953. The van der Waals surface area contributed by atoms with Gasteiger partial charge >= 0.3 is 5.97 Å². The van der Waals surface area contributed by atoms with Crippen LogP contribution < -0.4 is 5.56 Å². The Morgan fingerprint density at radius 2 is 2.17 bits per heavy atom. The molecule has 1 atom stereocenters. The average Bonchev–Trinajstić information content (AvgIpc) is 3.29. The van der Waals surface area contributed by atoms with E-state index in [-0.39, 0.29) is 23.4 Å². The number of nitrogens with one attached hydrogen (secondary N) is 1. The van der Waals surface area contributed by atoms with E-state index in [2.05, 4.69) is 9.97 Å². The van der Waals surface area contributed by atoms with Crippen molar-refractivity contribution in [2.45, 2.75) is 45.3 Å². The van der Waals surface area contributed by atoms with Crippen LogP contribution in [0.3, 0.4) is 0 Å². The summed E-state index contributed by atoms with van der Waals surface area (Å²) in [4.78, 5) is 47.8. The van der Waals surface area contributed by atoms with Crippen molar-refractivity contribution in [3.05, 3.63) is 26.6 Å². The highest BCUT2D eigenvalue weighted by Crippen LogP contribution is 2.34. The molecule has 0 fully saturated rings. The van der Waals surface area contributed by atoms with Gasteiger partial charge in [0.15, 0.2) is 0 Å². The van der Waals surface area contributed by atoms with Crippen molar-refractivity contribution in [3.63, 3.8) is 0 Å². The molecule has 0 bridgehead atoms. The molecule has 0 spiro atoms. The van der Waals surface area contributed by atoms with E-state index in [1.165, 1.54) is 17.6 Å². The number of thiophene rings is 1. The van der Waals surface area contributed by atoms with E-state index in [1.807, 2.05) is 6.92 Å². The fourth-order valence-corrected chi connectivity index (χ4v) is 5.69. The van der Waals surface area contributed by atoms with E-state index < -0.39 is 0 Å². The quantitative estimate of drug-likeness (QED) is 0.479. The molecule has 1 unspecified atom stereocenters. The molecule has 0 aliphatic heterocycles. The van der Waals surface area contributed by atoms with Crippen LogP contribution in [0.25, 0.3) is 10.2 Å². The summed E-state index contributed by atoms with van der Waals surface area (Å²) in [6, 6.07) is 0. The fourth-order valence-electron chi connectivity index (χ4n) is 3.62. The molecular weight excluding hydrogens is 410 g/mol. The first-order chi connectivity index (χ1) is 13.9. The third kappa shape index (κ3) is 5.01. The number of amides is 1. The molecule has 1 aliphatic rings. The predicted octanol–water partition coefficient (Wildman–Crippen LogP) is 2.75. The van der Waals surface area contributed by atoms with E-state index in [0.717, 1.165) is 29.5 Å². The van der Waals surface area contributed by atoms with E-state index in [4.69, 9.17) is 4.74 Å². The monoisotopic (exact) mass is 437 g/mol.